The Morgan fingerprint density at radius 3 is 2.62 bits per heavy atom. The van der Waals surface area contributed by atoms with Gasteiger partial charge in [-0.05, 0) is 54.5 Å². The molecule has 26 heavy (non-hydrogen) atoms. The molecule has 2 aromatic rings. The topological polar surface area (TPSA) is 55.4 Å². The zero-order valence-corrected chi connectivity index (χ0v) is 15.0. The van der Waals surface area contributed by atoms with Crippen LogP contribution in [0.3, 0.4) is 0 Å². The summed E-state index contributed by atoms with van der Waals surface area (Å²) in [5.41, 5.74) is 0.00887. The van der Waals surface area contributed by atoms with E-state index in [1.54, 1.807) is 26.4 Å². The third kappa shape index (κ3) is 5.22. The van der Waals surface area contributed by atoms with Crippen molar-refractivity contribution in [2.24, 2.45) is 0 Å². The minimum absolute atomic E-state index is 0.0519. The summed E-state index contributed by atoms with van der Waals surface area (Å²) in [6, 6.07) is 7.56. The summed E-state index contributed by atoms with van der Waals surface area (Å²) < 4.78 is 49.3. The Bertz CT molecular complexity index is 769. The van der Waals surface area contributed by atoms with Gasteiger partial charge in [-0.2, -0.15) is 13.2 Å². The lowest BCUT2D eigenvalue weighted by Gasteiger charge is -2.15. The molecular formula is C17H18F3N3O2S. The summed E-state index contributed by atoms with van der Waals surface area (Å²) in [6.45, 7) is 0.392. The zero-order chi connectivity index (χ0) is 19.2. The third-order valence-electron chi connectivity index (χ3n) is 3.51. The van der Waals surface area contributed by atoms with Crippen molar-refractivity contribution in [2.75, 3.05) is 26.1 Å². The number of nitrogens with zero attached hydrogens (tertiary/aromatic N) is 1. The van der Waals surface area contributed by atoms with Gasteiger partial charge in [0.2, 0.25) is 0 Å². The van der Waals surface area contributed by atoms with E-state index in [4.69, 9.17) is 21.7 Å². The molecule has 9 heteroatoms. The predicted molar refractivity (Wildman–Crippen MR) is 96.7 cm³/mol. The largest absolute Gasteiger partial charge is 0.497 e. The first-order valence-corrected chi connectivity index (χ1v) is 8.04. The Morgan fingerprint density at radius 1 is 1.19 bits per heavy atom. The van der Waals surface area contributed by atoms with Gasteiger partial charge in [0.25, 0.3) is 0 Å². The number of halogens is 3. The lowest BCUT2D eigenvalue weighted by Crippen LogP contribution is -2.31. The van der Waals surface area contributed by atoms with Gasteiger partial charge in [0.15, 0.2) is 5.11 Å². The second-order valence-corrected chi connectivity index (χ2v) is 5.61. The second-order valence-electron chi connectivity index (χ2n) is 5.21. The van der Waals surface area contributed by atoms with Gasteiger partial charge in [-0.25, -0.2) is 4.98 Å². The number of alkyl halides is 3. The van der Waals surface area contributed by atoms with Gasteiger partial charge >= 0.3 is 6.18 Å². The van der Waals surface area contributed by atoms with Crippen LogP contribution in [-0.2, 0) is 12.6 Å². The molecule has 0 spiro atoms. The van der Waals surface area contributed by atoms with Crippen molar-refractivity contribution in [3.05, 3.63) is 47.7 Å². The van der Waals surface area contributed by atoms with Crippen LogP contribution < -0.4 is 20.1 Å². The molecule has 1 aromatic heterocycles. The first kappa shape index (κ1) is 19.8. The van der Waals surface area contributed by atoms with Crippen molar-refractivity contribution in [3.8, 4) is 11.5 Å². The van der Waals surface area contributed by atoms with E-state index in [9.17, 15) is 13.2 Å². The number of anilines is 1. The first-order valence-electron chi connectivity index (χ1n) is 7.63. The number of thiocarbonyl (C=S) groups is 1. The fourth-order valence-electron chi connectivity index (χ4n) is 2.27. The monoisotopic (exact) mass is 385 g/mol. The van der Waals surface area contributed by atoms with Gasteiger partial charge in [-0.15, -0.1) is 0 Å². The molecule has 0 fully saturated rings. The predicted octanol–water partition coefficient (Wildman–Crippen LogP) is 3.65. The number of rotatable bonds is 6. The second kappa shape index (κ2) is 8.70. The molecule has 0 aliphatic rings. The number of benzene rings is 1. The van der Waals surface area contributed by atoms with Crippen LogP contribution in [0.5, 0.6) is 11.5 Å². The zero-order valence-electron chi connectivity index (χ0n) is 14.2. The van der Waals surface area contributed by atoms with E-state index >= 15 is 0 Å². The fourth-order valence-corrected chi connectivity index (χ4v) is 2.47. The van der Waals surface area contributed by atoms with Gasteiger partial charge in [0, 0.05) is 12.7 Å². The molecule has 0 aliphatic carbocycles. The molecule has 0 atom stereocenters. The minimum atomic E-state index is -4.51. The highest BCUT2D eigenvalue weighted by Crippen LogP contribution is 2.33. The van der Waals surface area contributed by atoms with E-state index in [0.717, 1.165) is 11.6 Å². The van der Waals surface area contributed by atoms with E-state index in [2.05, 4.69) is 15.6 Å². The quantitative estimate of drug-likeness (QED) is 0.741. The molecule has 0 amide bonds. The summed E-state index contributed by atoms with van der Waals surface area (Å²) in [5, 5.41) is 5.40. The van der Waals surface area contributed by atoms with Gasteiger partial charge in [-0.3, -0.25) is 0 Å². The Labute approximate surface area is 154 Å². The maximum absolute atomic E-state index is 13.0. The van der Waals surface area contributed by atoms with Crippen molar-refractivity contribution >= 4 is 23.1 Å². The van der Waals surface area contributed by atoms with Gasteiger partial charge in [0.05, 0.1) is 19.8 Å². The molecule has 2 N–H and O–H groups in total. The van der Waals surface area contributed by atoms with E-state index in [0.29, 0.717) is 24.5 Å². The van der Waals surface area contributed by atoms with Crippen LogP contribution in [0, 0.1) is 0 Å². The van der Waals surface area contributed by atoms with Crippen molar-refractivity contribution in [2.45, 2.75) is 12.6 Å². The van der Waals surface area contributed by atoms with Crippen LogP contribution in [-0.4, -0.2) is 30.9 Å². The Kier molecular flexibility index (Phi) is 6.62. The van der Waals surface area contributed by atoms with E-state index < -0.39 is 11.7 Å². The van der Waals surface area contributed by atoms with Crippen LogP contribution in [0.25, 0.3) is 0 Å². The summed E-state index contributed by atoms with van der Waals surface area (Å²) >= 11 is 5.06. The van der Waals surface area contributed by atoms with E-state index in [-0.39, 0.29) is 10.9 Å². The number of hydrogen-bond donors (Lipinski definition) is 2. The highest BCUT2D eigenvalue weighted by atomic mass is 32.1. The molecule has 0 radical (unpaired) electrons. The average Bonchev–Trinajstić information content (AvgIpc) is 2.61. The van der Waals surface area contributed by atoms with E-state index in [1.165, 1.54) is 12.3 Å². The smallest absolute Gasteiger partial charge is 0.419 e. The van der Waals surface area contributed by atoms with Crippen molar-refractivity contribution < 1.29 is 22.6 Å². The number of methoxy groups -OCH3 is 2. The molecule has 0 unspecified atom stereocenters. The molecule has 0 saturated heterocycles. The molecule has 0 saturated carbocycles. The van der Waals surface area contributed by atoms with Crippen LogP contribution in [0.4, 0.5) is 19.0 Å². The molecular weight excluding hydrogens is 367 g/mol. The summed E-state index contributed by atoms with van der Waals surface area (Å²) in [5.74, 6) is 1.04. The van der Waals surface area contributed by atoms with Crippen molar-refractivity contribution in [1.82, 2.24) is 10.3 Å². The highest BCUT2D eigenvalue weighted by molar-refractivity contribution is 7.80. The third-order valence-corrected chi connectivity index (χ3v) is 3.76. The maximum Gasteiger partial charge on any atom is 0.419 e. The van der Waals surface area contributed by atoms with Crippen LogP contribution in [0.1, 0.15) is 11.1 Å². The fraction of sp³-hybridized carbons (Fsp3) is 0.294. The number of nitrogens with one attached hydrogen (secondary N) is 2. The first-order chi connectivity index (χ1) is 12.3. The average molecular weight is 385 g/mol. The molecule has 0 aliphatic heterocycles. The molecule has 1 aromatic carbocycles. The van der Waals surface area contributed by atoms with Gasteiger partial charge in [-0.1, -0.05) is 0 Å². The molecule has 2 rings (SSSR count). The van der Waals surface area contributed by atoms with Crippen molar-refractivity contribution in [1.29, 1.82) is 0 Å². The summed E-state index contributed by atoms with van der Waals surface area (Å²) in [4.78, 5) is 3.71. The maximum atomic E-state index is 13.0. The van der Waals surface area contributed by atoms with Gasteiger partial charge in [0.1, 0.15) is 17.3 Å². The lowest BCUT2D eigenvalue weighted by molar-refractivity contribution is -0.137. The van der Waals surface area contributed by atoms with Crippen LogP contribution in [0.15, 0.2) is 36.5 Å². The molecule has 1 heterocycles. The molecule has 140 valence electrons. The van der Waals surface area contributed by atoms with E-state index in [1.807, 2.05) is 6.07 Å². The number of aromatic nitrogens is 1. The standard InChI is InChI=1S/C17H18F3N3O2S/c1-24-12-5-6-14(25-2)11(10-12)7-9-22-16(26)23-15-13(17(18,19)20)4-3-8-21-15/h3-6,8,10H,7,9H2,1-2H3,(H2,21,22,23,26). The van der Waals surface area contributed by atoms with Gasteiger partial charge < -0.3 is 20.1 Å². The SMILES string of the molecule is COc1ccc(OC)c(CCNC(=S)Nc2ncccc2C(F)(F)F)c1. The van der Waals surface area contributed by atoms with Crippen LogP contribution >= 0.6 is 12.2 Å². The Morgan fingerprint density at radius 2 is 1.96 bits per heavy atom. The molecule has 5 nitrogen and oxygen atoms in total. The number of ether oxygens (including phenoxy) is 2. The molecule has 0 bridgehead atoms. The van der Waals surface area contributed by atoms with Crippen LogP contribution in [0.2, 0.25) is 0 Å². The lowest BCUT2D eigenvalue weighted by atomic mass is 10.1. The summed E-state index contributed by atoms with van der Waals surface area (Å²) in [7, 11) is 3.12. The number of pyridine rings is 1. The summed E-state index contributed by atoms with van der Waals surface area (Å²) in [6.07, 6.45) is -2.71. The minimum Gasteiger partial charge on any atom is -0.497 e. The Hall–Kier alpha value is -2.55. The highest BCUT2D eigenvalue weighted by Gasteiger charge is 2.34. The normalized spacial score (nSPS) is 11.0. The van der Waals surface area contributed by atoms with Crippen molar-refractivity contribution in [3.63, 3.8) is 0 Å². The Balaban J connectivity index is 1.97. The number of hydrogen-bond acceptors (Lipinski definition) is 4.